The van der Waals surface area contributed by atoms with Crippen LogP contribution in [-0.4, -0.2) is 20.0 Å². The van der Waals surface area contributed by atoms with E-state index < -0.39 is 0 Å². The fourth-order valence-corrected chi connectivity index (χ4v) is 3.65. The smallest absolute Gasteiger partial charge is 0.253 e. The third-order valence-corrected chi connectivity index (χ3v) is 5.68. The third-order valence-electron chi connectivity index (χ3n) is 5.27. The van der Waals surface area contributed by atoms with Crippen LogP contribution in [0.1, 0.15) is 28.0 Å². The first-order valence-electron chi connectivity index (χ1n) is 10.1. The highest BCUT2D eigenvalue weighted by Gasteiger charge is 2.15. The zero-order valence-corrected chi connectivity index (χ0v) is 18.3. The van der Waals surface area contributed by atoms with Gasteiger partial charge in [0, 0.05) is 30.0 Å². The molecule has 0 saturated carbocycles. The number of hydrogen-bond donors (Lipinski definition) is 2. The molecular weight excluding hydrogens is 408 g/mol. The summed E-state index contributed by atoms with van der Waals surface area (Å²) in [6.45, 7) is 5.49. The number of fused-ring (bicyclic) bond motifs is 1. The molecule has 4 rings (SSSR count). The van der Waals surface area contributed by atoms with E-state index in [2.05, 4.69) is 28.3 Å². The molecule has 0 unspecified atom stereocenters. The van der Waals surface area contributed by atoms with E-state index in [1.54, 1.807) is 18.7 Å². The topological polar surface area (TPSA) is 74.2 Å². The number of rotatable bonds is 6. The number of nitrogens with one attached hydrogen (secondary N) is 2. The summed E-state index contributed by atoms with van der Waals surface area (Å²) in [7, 11) is 0. The number of aromatic nitrogens is 2. The van der Waals surface area contributed by atoms with Gasteiger partial charge in [-0.05, 0) is 84.5 Å². The van der Waals surface area contributed by atoms with Gasteiger partial charge in [0.1, 0.15) is 5.76 Å². The molecular formula is C24H24N4O2S. The van der Waals surface area contributed by atoms with Crippen molar-refractivity contribution in [3.63, 3.8) is 0 Å². The van der Waals surface area contributed by atoms with E-state index in [0.717, 1.165) is 27.8 Å². The van der Waals surface area contributed by atoms with E-state index in [-0.39, 0.29) is 5.56 Å². The Kier molecular flexibility index (Phi) is 6.13. The molecule has 3 heterocycles. The normalized spacial score (nSPS) is 10.9. The number of aromatic amines is 1. The van der Waals surface area contributed by atoms with Crippen molar-refractivity contribution in [3.8, 4) is 0 Å². The van der Waals surface area contributed by atoms with Crippen LogP contribution in [0.4, 0.5) is 0 Å². The molecule has 31 heavy (non-hydrogen) atoms. The molecule has 158 valence electrons. The quantitative estimate of drug-likeness (QED) is 0.445. The van der Waals surface area contributed by atoms with Gasteiger partial charge in [-0.25, -0.2) is 0 Å². The Bertz CT molecular complexity index is 1250. The van der Waals surface area contributed by atoms with Crippen molar-refractivity contribution in [1.82, 2.24) is 20.2 Å². The number of benzene rings is 1. The van der Waals surface area contributed by atoms with Crippen LogP contribution >= 0.6 is 12.2 Å². The van der Waals surface area contributed by atoms with Crippen LogP contribution in [0.15, 0.2) is 70.3 Å². The number of furan rings is 1. The predicted octanol–water partition coefficient (Wildman–Crippen LogP) is 4.21. The maximum Gasteiger partial charge on any atom is 0.253 e. The molecule has 0 amide bonds. The first kappa shape index (κ1) is 20.8. The second-order valence-electron chi connectivity index (χ2n) is 7.60. The molecule has 0 aliphatic heterocycles. The minimum atomic E-state index is -0.110. The van der Waals surface area contributed by atoms with Crippen LogP contribution in [0.3, 0.4) is 0 Å². The minimum absolute atomic E-state index is 0.110. The van der Waals surface area contributed by atoms with Gasteiger partial charge in [0.15, 0.2) is 5.11 Å². The van der Waals surface area contributed by atoms with Gasteiger partial charge >= 0.3 is 0 Å². The fourth-order valence-electron chi connectivity index (χ4n) is 3.44. The number of aryl methyl sites for hydroxylation is 2. The molecule has 0 saturated heterocycles. The maximum atomic E-state index is 12.8. The zero-order valence-electron chi connectivity index (χ0n) is 17.5. The van der Waals surface area contributed by atoms with E-state index >= 15 is 0 Å². The Balaban J connectivity index is 1.61. The second kappa shape index (κ2) is 9.14. The number of hydrogen-bond acceptors (Lipinski definition) is 4. The van der Waals surface area contributed by atoms with Crippen LogP contribution in [-0.2, 0) is 19.6 Å². The van der Waals surface area contributed by atoms with Gasteiger partial charge in [-0.2, -0.15) is 0 Å². The van der Waals surface area contributed by atoms with Crippen molar-refractivity contribution in [2.24, 2.45) is 0 Å². The van der Waals surface area contributed by atoms with E-state index in [4.69, 9.17) is 16.6 Å². The molecule has 1 aromatic carbocycles. The molecule has 0 bridgehead atoms. The third kappa shape index (κ3) is 5.00. The van der Waals surface area contributed by atoms with Gasteiger partial charge in [-0.15, -0.1) is 0 Å². The standard InChI is InChI=1S/C24H24N4O2S/c1-16-9-19-11-20(23(29)27-22(19)10-17(16)2)15-28(14-18-5-3-7-25-12-18)24(31)26-13-21-6-4-8-30-21/h3-12H,13-15H2,1-2H3,(H,26,31)(H,27,29). The summed E-state index contributed by atoms with van der Waals surface area (Å²) in [5.41, 5.74) is 4.73. The molecule has 6 nitrogen and oxygen atoms in total. The monoisotopic (exact) mass is 432 g/mol. The Labute approximate surface area is 185 Å². The molecule has 0 fully saturated rings. The highest BCUT2D eigenvalue weighted by molar-refractivity contribution is 7.80. The minimum Gasteiger partial charge on any atom is -0.467 e. The summed E-state index contributed by atoms with van der Waals surface area (Å²) in [5, 5.41) is 4.78. The van der Waals surface area contributed by atoms with Crippen LogP contribution < -0.4 is 10.9 Å². The molecule has 0 atom stereocenters. The lowest BCUT2D eigenvalue weighted by atomic mass is 10.0. The molecule has 4 aromatic rings. The lowest BCUT2D eigenvalue weighted by molar-refractivity contribution is 0.393. The van der Waals surface area contributed by atoms with Crippen molar-refractivity contribution in [1.29, 1.82) is 0 Å². The summed E-state index contributed by atoms with van der Waals surface area (Å²) >= 11 is 5.66. The average molecular weight is 433 g/mol. The Morgan fingerprint density at radius 2 is 2.00 bits per heavy atom. The highest BCUT2D eigenvalue weighted by atomic mass is 32.1. The first-order chi connectivity index (χ1) is 15.0. The predicted molar refractivity (Wildman–Crippen MR) is 126 cm³/mol. The highest BCUT2D eigenvalue weighted by Crippen LogP contribution is 2.18. The number of thiocarbonyl (C=S) groups is 1. The van der Waals surface area contributed by atoms with Gasteiger partial charge in [-0.3, -0.25) is 9.78 Å². The summed E-state index contributed by atoms with van der Waals surface area (Å²) in [4.78, 5) is 22.0. The Hall–Kier alpha value is -3.45. The van der Waals surface area contributed by atoms with Crippen molar-refractivity contribution in [2.45, 2.75) is 33.5 Å². The Morgan fingerprint density at radius 3 is 2.74 bits per heavy atom. The van der Waals surface area contributed by atoms with Crippen molar-refractivity contribution < 1.29 is 4.42 Å². The average Bonchev–Trinajstić information content (AvgIpc) is 3.28. The van der Waals surface area contributed by atoms with Gasteiger partial charge in [0.25, 0.3) is 5.56 Å². The van der Waals surface area contributed by atoms with Crippen molar-refractivity contribution in [2.75, 3.05) is 0 Å². The first-order valence-corrected chi connectivity index (χ1v) is 10.5. The zero-order chi connectivity index (χ0) is 21.8. The van der Waals surface area contributed by atoms with E-state index in [1.807, 2.05) is 48.2 Å². The van der Waals surface area contributed by atoms with Crippen LogP contribution in [0, 0.1) is 13.8 Å². The lowest BCUT2D eigenvalue weighted by Gasteiger charge is -2.25. The molecule has 0 radical (unpaired) electrons. The number of nitrogens with zero attached hydrogens (tertiary/aromatic N) is 2. The number of pyridine rings is 2. The van der Waals surface area contributed by atoms with Crippen LogP contribution in [0.25, 0.3) is 10.9 Å². The van der Waals surface area contributed by atoms with E-state index in [1.165, 1.54) is 5.56 Å². The van der Waals surface area contributed by atoms with E-state index in [9.17, 15) is 4.79 Å². The van der Waals surface area contributed by atoms with Gasteiger partial charge in [0.2, 0.25) is 0 Å². The molecule has 3 aromatic heterocycles. The fraction of sp³-hybridized carbons (Fsp3) is 0.208. The Morgan fingerprint density at radius 1 is 1.16 bits per heavy atom. The van der Waals surface area contributed by atoms with Gasteiger partial charge in [-0.1, -0.05) is 6.07 Å². The molecule has 2 N–H and O–H groups in total. The maximum absolute atomic E-state index is 12.8. The largest absolute Gasteiger partial charge is 0.467 e. The summed E-state index contributed by atoms with van der Waals surface area (Å²) < 4.78 is 5.38. The van der Waals surface area contributed by atoms with Crippen molar-refractivity contribution >= 4 is 28.2 Å². The molecule has 0 aliphatic carbocycles. The molecule has 0 aliphatic rings. The van der Waals surface area contributed by atoms with Crippen LogP contribution in [0.5, 0.6) is 0 Å². The van der Waals surface area contributed by atoms with E-state index in [0.29, 0.717) is 30.3 Å². The molecule has 0 spiro atoms. The van der Waals surface area contributed by atoms with Gasteiger partial charge in [0.05, 0.1) is 19.4 Å². The van der Waals surface area contributed by atoms with Gasteiger partial charge < -0.3 is 19.6 Å². The summed E-state index contributed by atoms with van der Waals surface area (Å²) in [5.74, 6) is 0.790. The van der Waals surface area contributed by atoms with Crippen LogP contribution in [0.2, 0.25) is 0 Å². The number of H-pyrrole nitrogens is 1. The summed E-state index contributed by atoms with van der Waals surface area (Å²) in [6.07, 6.45) is 5.17. The molecule has 7 heteroatoms. The van der Waals surface area contributed by atoms with Crippen molar-refractivity contribution in [3.05, 3.63) is 99.5 Å². The second-order valence-corrected chi connectivity index (χ2v) is 7.99. The lowest BCUT2D eigenvalue weighted by Crippen LogP contribution is -2.39. The SMILES string of the molecule is Cc1cc2cc(CN(Cc3cccnc3)C(=S)NCc3ccco3)c(=O)[nH]c2cc1C. The summed E-state index contributed by atoms with van der Waals surface area (Å²) in [6, 6.07) is 13.7.